The number of aromatic nitrogens is 2. The van der Waals surface area contributed by atoms with E-state index >= 15 is 0 Å². The molecule has 0 saturated heterocycles. The Morgan fingerprint density at radius 2 is 1.71 bits per heavy atom. The first-order chi connectivity index (χ1) is 11.8. The Morgan fingerprint density at radius 1 is 0.917 bits per heavy atom. The van der Waals surface area contributed by atoms with E-state index < -0.39 is 0 Å². The van der Waals surface area contributed by atoms with Crippen LogP contribution in [-0.2, 0) is 6.61 Å². The van der Waals surface area contributed by atoms with Gasteiger partial charge in [0.25, 0.3) is 0 Å². The number of benzene rings is 3. The van der Waals surface area contributed by atoms with Gasteiger partial charge in [0.1, 0.15) is 12.3 Å². The molecule has 0 fully saturated rings. The molecule has 0 bridgehead atoms. The van der Waals surface area contributed by atoms with Crippen molar-refractivity contribution in [2.75, 3.05) is 0 Å². The van der Waals surface area contributed by atoms with Gasteiger partial charge >= 0.3 is 0 Å². The van der Waals surface area contributed by atoms with Crippen molar-refractivity contribution in [2.45, 2.75) is 6.61 Å². The molecule has 0 amide bonds. The van der Waals surface area contributed by atoms with E-state index in [-0.39, 0.29) is 0 Å². The number of nitrogens with zero attached hydrogens (tertiary/aromatic N) is 1. The third kappa shape index (κ3) is 1.93. The molecule has 0 spiro atoms. The van der Waals surface area contributed by atoms with E-state index in [2.05, 4.69) is 59.6 Å². The Bertz CT molecular complexity index is 1140. The topological polar surface area (TPSA) is 29.9 Å². The quantitative estimate of drug-likeness (QED) is 0.483. The van der Waals surface area contributed by atoms with Crippen LogP contribution in [-0.4, -0.2) is 9.55 Å². The van der Waals surface area contributed by atoms with Gasteiger partial charge < -0.3 is 9.72 Å². The highest BCUT2D eigenvalue weighted by Gasteiger charge is 2.22. The van der Waals surface area contributed by atoms with Gasteiger partial charge in [-0.2, -0.15) is 0 Å². The molecule has 4 aromatic rings. The molecule has 0 aliphatic carbocycles. The van der Waals surface area contributed by atoms with Crippen molar-refractivity contribution >= 4 is 23.0 Å². The third-order valence-corrected chi connectivity index (χ3v) is 4.77. The van der Waals surface area contributed by atoms with Gasteiger partial charge in [0.2, 0.25) is 5.88 Å². The van der Waals surface area contributed by atoms with Crippen LogP contribution in [0.25, 0.3) is 27.7 Å². The summed E-state index contributed by atoms with van der Waals surface area (Å²) in [5.74, 6) is 0.786. The van der Waals surface area contributed by atoms with Crippen LogP contribution in [0.5, 0.6) is 5.88 Å². The number of H-pyrrole nitrogens is 1. The van der Waals surface area contributed by atoms with Crippen LogP contribution in [0, 0.1) is 4.77 Å². The van der Waals surface area contributed by atoms with Crippen LogP contribution < -0.4 is 4.74 Å². The molecule has 4 heteroatoms. The van der Waals surface area contributed by atoms with E-state index in [1.807, 2.05) is 16.7 Å². The summed E-state index contributed by atoms with van der Waals surface area (Å²) in [5.41, 5.74) is 4.24. The summed E-state index contributed by atoms with van der Waals surface area (Å²) in [6, 6.07) is 22.9. The van der Waals surface area contributed by atoms with Gasteiger partial charge in [-0.15, -0.1) is 0 Å². The molecule has 24 heavy (non-hydrogen) atoms. The zero-order valence-corrected chi connectivity index (χ0v) is 13.6. The molecule has 1 N–H and O–H groups in total. The molecule has 1 aromatic heterocycles. The molecule has 3 aromatic carbocycles. The van der Waals surface area contributed by atoms with Crippen LogP contribution in [0.1, 0.15) is 5.56 Å². The van der Waals surface area contributed by atoms with E-state index in [9.17, 15) is 0 Å². The van der Waals surface area contributed by atoms with E-state index in [4.69, 9.17) is 17.0 Å². The van der Waals surface area contributed by atoms with Crippen LogP contribution in [0.3, 0.4) is 0 Å². The first kappa shape index (κ1) is 13.6. The molecule has 5 rings (SSSR count). The molecule has 1 aliphatic heterocycles. The Balaban J connectivity index is 1.75. The van der Waals surface area contributed by atoms with Crippen LogP contribution in [0.4, 0.5) is 0 Å². The average molecular weight is 330 g/mol. The fourth-order valence-electron chi connectivity index (χ4n) is 3.31. The minimum atomic E-state index is 0.559. The number of ether oxygens (including phenoxy) is 1. The first-order valence-electron chi connectivity index (χ1n) is 7.86. The Morgan fingerprint density at radius 3 is 2.62 bits per heavy atom. The van der Waals surface area contributed by atoms with Gasteiger partial charge in [-0.25, -0.2) is 0 Å². The highest BCUT2D eigenvalue weighted by molar-refractivity contribution is 7.71. The van der Waals surface area contributed by atoms with Crippen molar-refractivity contribution < 1.29 is 4.74 Å². The average Bonchev–Trinajstić information content (AvgIpc) is 2.98. The van der Waals surface area contributed by atoms with Gasteiger partial charge in [0.05, 0.1) is 5.69 Å². The lowest BCUT2D eigenvalue weighted by Crippen LogP contribution is -2.12. The largest absolute Gasteiger partial charge is 0.472 e. The highest BCUT2D eigenvalue weighted by atomic mass is 32.1. The molecule has 0 saturated carbocycles. The fourth-order valence-corrected chi connectivity index (χ4v) is 3.60. The molecule has 116 valence electrons. The second-order valence-corrected chi connectivity index (χ2v) is 6.31. The smallest absolute Gasteiger partial charge is 0.225 e. The number of hydrogen-bond acceptors (Lipinski definition) is 2. The molecular weight excluding hydrogens is 316 g/mol. The molecule has 0 atom stereocenters. The number of para-hydroxylation sites is 1. The second kappa shape index (κ2) is 5.08. The molecule has 2 heterocycles. The second-order valence-electron chi connectivity index (χ2n) is 5.93. The van der Waals surface area contributed by atoms with Crippen molar-refractivity contribution in [3.8, 4) is 22.8 Å². The summed E-state index contributed by atoms with van der Waals surface area (Å²) in [7, 11) is 0. The zero-order valence-electron chi connectivity index (χ0n) is 12.8. The Hall–Kier alpha value is -2.85. The Labute approximate surface area is 144 Å². The van der Waals surface area contributed by atoms with Crippen molar-refractivity contribution in [2.24, 2.45) is 0 Å². The summed E-state index contributed by atoms with van der Waals surface area (Å²) in [6.45, 7) is 0.559. The van der Waals surface area contributed by atoms with Crippen LogP contribution in [0.2, 0.25) is 0 Å². The fraction of sp³-hybridized carbons (Fsp3) is 0.0500. The van der Waals surface area contributed by atoms with Gasteiger partial charge in [-0.3, -0.25) is 4.57 Å². The monoisotopic (exact) mass is 330 g/mol. The molecule has 0 unspecified atom stereocenters. The van der Waals surface area contributed by atoms with E-state index in [0.717, 1.165) is 28.4 Å². The van der Waals surface area contributed by atoms with Gasteiger partial charge in [0, 0.05) is 11.1 Å². The summed E-state index contributed by atoms with van der Waals surface area (Å²) in [4.78, 5) is 3.33. The molecule has 1 aliphatic rings. The van der Waals surface area contributed by atoms with Crippen LogP contribution >= 0.6 is 12.2 Å². The number of nitrogens with one attached hydrogen (secondary N) is 1. The first-order valence-corrected chi connectivity index (χ1v) is 8.27. The number of fused-ring (bicyclic) bond motifs is 4. The van der Waals surface area contributed by atoms with E-state index in [1.165, 1.54) is 10.8 Å². The summed E-state index contributed by atoms with van der Waals surface area (Å²) in [5, 5.41) is 2.42. The third-order valence-electron chi connectivity index (χ3n) is 4.49. The van der Waals surface area contributed by atoms with E-state index in [1.54, 1.807) is 0 Å². The zero-order chi connectivity index (χ0) is 16.1. The lowest BCUT2D eigenvalue weighted by atomic mass is 10.1. The lowest BCUT2D eigenvalue weighted by Gasteiger charge is -2.20. The standard InChI is InChI=1S/C20H14N2OS/c24-20-21-18(15-10-9-13-5-1-2-6-14(13)11-15)19-22(20)17-8-4-3-7-16(17)12-23-19/h1-11H,12H2,(H,21,24). The number of aromatic amines is 1. The van der Waals surface area contributed by atoms with Crippen molar-refractivity contribution in [3.05, 3.63) is 77.1 Å². The SMILES string of the molecule is S=c1[nH]c(-c2ccc3ccccc3c2)c2n1-c1ccccc1CO2. The lowest BCUT2D eigenvalue weighted by molar-refractivity contribution is 0.277. The maximum atomic E-state index is 6.03. The number of hydrogen-bond donors (Lipinski definition) is 1. The maximum Gasteiger partial charge on any atom is 0.225 e. The molecular formula is C20H14N2OS. The number of imidazole rings is 1. The normalized spacial score (nSPS) is 12.5. The van der Waals surface area contributed by atoms with Gasteiger partial charge in [-0.05, 0) is 35.1 Å². The van der Waals surface area contributed by atoms with Gasteiger partial charge in [-0.1, -0.05) is 54.6 Å². The minimum Gasteiger partial charge on any atom is -0.472 e. The number of rotatable bonds is 1. The predicted molar refractivity (Wildman–Crippen MR) is 98.2 cm³/mol. The maximum absolute atomic E-state index is 6.03. The highest BCUT2D eigenvalue weighted by Crippen LogP contribution is 2.37. The van der Waals surface area contributed by atoms with Crippen LogP contribution in [0.15, 0.2) is 66.7 Å². The summed E-state index contributed by atoms with van der Waals surface area (Å²) < 4.78 is 8.67. The summed E-state index contributed by atoms with van der Waals surface area (Å²) >= 11 is 5.56. The Kier molecular flexibility index (Phi) is 2.87. The predicted octanol–water partition coefficient (Wildman–Crippen LogP) is 5.25. The molecule has 3 nitrogen and oxygen atoms in total. The minimum absolute atomic E-state index is 0.559. The van der Waals surface area contributed by atoms with Gasteiger partial charge in [0.15, 0.2) is 4.77 Å². The van der Waals surface area contributed by atoms with Crippen molar-refractivity contribution in [3.63, 3.8) is 0 Å². The summed E-state index contributed by atoms with van der Waals surface area (Å²) in [6.07, 6.45) is 0. The molecule has 0 radical (unpaired) electrons. The van der Waals surface area contributed by atoms with E-state index in [0.29, 0.717) is 11.4 Å². The van der Waals surface area contributed by atoms with Crippen molar-refractivity contribution in [1.29, 1.82) is 0 Å². The van der Waals surface area contributed by atoms with Crippen molar-refractivity contribution in [1.82, 2.24) is 9.55 Å².